The van der Waals surface area contributed by atoms with Crippen molar-refractivity contribution in [3.8, 4) is 23.0 Å². The predicted molar refractivity (Wildman–Crippen MR) is 142 cm³/mol. The molecule has 0 N–H and O–H groups in total. The van der Waals surface area contributed by atoms with Crippen LogP contribution in [-0.2, 0) is 18.6 Å². The van der Waals surface area contributed by atoms with E-state index in [-0.39, 0.29) is 10.8 Å². The molecular weight excluding hydrogens is 454 g/mol. The van der Waals surface area contributed by atoms with Gasteiger partial charge in [0.1, 0.15) is 23.0 Å². The molecule has 8 heteroatoms. The summed E-state index contributed by atoms with van der Waals surface area (Å²) in [5.41, 5.74) is 1.38. The standard InChI is InChI=1S/C28H32B2O6/c1-27(2)17-31-29(32-18-27)23-15-26(36-22-13-9-6-10-14-22)24(30-33-19-28(3,4)20-34-30)16-25(23)35-21-11-7-5-8-12-21/h5-16H,17-20H2,1-4H3. The van der Waals surface area contributed by atoms with Crippen LogP contribution >= 0.6 is 0 Å². The second-order valence-electron chi connectivity index (χ2n) is 11.0. The summed E-state index contributed by atoms with van der Waals surface area (Å²) < 4.78 is 37.4. The first-order valence-electron chi connectivity index (χ1n) is 12.4. The van der Waals surface area contributed by atoms with Crippen molar-refractivity contribution >= 4 is 25.2 Å². The molecule has 0 radical (unpaired) electrons. The molecule has 0 aromatic heterocycles. The van der Waals surface area contributed by atoms with Crippen molar-refractivity contribution in [1.82, 2.24) is 0 Å². The lowest BCUT2D eigenvalue weighted by Crippen LogP contribution is -2.50. The Labute approximate surface area is 214 Å². The molecule has 0 saturated carbocycles. The summed E-state index contributed by atoms with van der Waals surface area (Å²) in [6.45, 7) is 10.8. The van der Waals surface area contributed by atoms with Crippen molar-refractivity contribution in [3.63, 3.8) is 0 Å². The third-order valence-corrected chi connectivity index (χ3v) is 6.09. The first-order valence-corrected chi connectivity index (χ1v) is 12.4. The zero-order valence-electron chi connectivity index (χ0n) is 21.4. The maximum absolute atomic E-state index is 6.37. The van der Waals surface area contributed by atoms with Crippen molar-refractivity contribution in [2.24, 2.45) is 10.8 Å². The van der Waals surface area contributed by atoms with Crippen LogP contribution in [0.5, 0.6) is 23.0 Å². The average Bonchev–Trinajstić information content (AvgIpc) is 2.86. The molecule has 0 unspecified atom stereocenters. The van der Waals surface area contributed by atoms with Crippen LogP contribution in [0.25, 0.3) is 0 Å². The van der Waals surface area contributed by atoms with Gasteiger partial charge in [0.25, 0.3) is 0 Å². The molecule has 2 aliphatic heterocycles. The summed E-state index contributed by atoms with van der Waals surface area (Å²) in [6.07, 6.45) is 0. The van der Waals surface area contributed by atoms with Gasteiger partial charge in [0.2, 0.25) is 0 Å². The molecule has 186 valence electrons. The Hall–Kier alpha value is -2.77. The molecule has 0 amide bonds. The van der Waals surface area contributed by atoms with Gasteiger partial charge in [-0.05, 0) is 36.4 Å². The molecule has 36 heavy (non-hydrogen) atoms. The van der Waals surface area contributed by atoms with Crippen molar-refractivity contribution in [2.75, 3.05) is 26.4 Å². The van der Waals surface area contributed by atoms with Gasteiger partial charge in [-0.2, -0.15) is 0 Å². The smallest absolute Gasteiger partial charge is 0.458 e. The normalized spacial score (nSPS) is 19.1. The number of para-hydroxylation sites is 2. The van der Waals surface area contributed by atoms with Crippen molar-refractivity contribution < 1.29 is 28.1 Å². The van der Waals surface area contributed by atoms with Crippen LogP contribution in [0.1, 0.15) is 27.7 Å². The lowest BCUT2D eigenvalue weighted by molar-refractivity contribution is 0.0337. The first kappa shape index (κ1) is 24.9. The van der Waals surface area contributed by atoms with Gasteiger partial charge >= 0.3 is 14.2 Å². The third kappa shape index (κ3) is 5.95. The van der Waals surface area contributed by atoms with Gasteiger partial charge in [0.05, 0.1) is 0 Å². The summed E-state index contributed by atoms with van der Waals surface area (Å²) in [6, 6.07) is 23.2. The summed E-state index contributed by atoms with van der Waals surface area (Å²) >= 11 is 0. The molecule has 2 aliphatic rings. The quantitative estimate of drug-likeness (QED) is 0.467. The van der Waals surface area contributed by atoms with Gasteiger partial charge in [-0.3, -0.25) is 0 Å². The molecule has 3 aromatic rings. The van der Waals surface area contributed by atoms with Gasteiger partial charge in [-0.1, -0.05) is 64.1 Å². The van der Waals surface area contributed by atoms with E-state index in [1.165, 1.54) is 0 Å². The fraction of sp³-hybridized carbons (Fsp3) is 0.357. The van der Waals surface area contributed by atoms with Crippen LogP contribution in [0.15, 0.2) is 72.8 Å². The Bertz CT molecular complexity index is 1060. The molecule has 3 aromatic carbocycles. The molecule has 2 fully saturated rings. The Morgan fingerprint density at radius 3 is 1.22 bits per heavy atom. The summed E-state index contributed by atoms with van der Waals surface area (Å²) in [5, 5.41) is 0. The first-order chi connectivity index (χ1) is 17.3. The summed E-state index contributed by atoms with van der Waals surface area (Å²) in [4.78, 5) is 0. The maximum atomic E-state index is 6.37. The minimum absolute atomic E-state index is 0.0587. The summed E-state index contributed by atoms with van der Waals surface area (Å²) in [5.74, 6) is 2.64. The van der Waals surface area contributed by atoms with Gasteiger partial charge in [0, 0.05) is 48.2 Å². The highest BCUT2D eigenvalue weighted by atomic mass is 16.6. The molecule has 2 saturated heterocycles. The fourth-order valence-electron chi connectivity index (χ4n) is 4.11. The lowest BCUT2D eigenvalue weighted by Gasteiger charge is -2.35. The van der Waals surface area contributed by atoms with Gasteiger partial charge in [0.15, 0.2) is 0 Å². The number of ether oxygens (including phenoxy) is 2. The van der Waals surface area contributed by atoms with Crippen molar-refractivity contribution in [1.29, 1.82) is 0 Å². The zero-order valence-corrected chi connectivity index (χ0v) is 21.4. The number of hydrogen-bond donors (Lipinski definition) is 0. The topological polar surface area (TPSA) is 55.4 Å². The second kappa shape index (κ2) is 10.3. The van der Waals surface area contributed by atoms with Crippen LogP contribution in [0.2, 0.25) is 0 Å². The van der Waals surface area contributed by atoms with Crippen LogP contribution in [0.3, 0.4) is 0 Å². The predicted octanol–water partition coefficient (Wildman–Crippen LogP) is 4.81. The van der Waals surface area contributed by atoms with E-state index in [4.69, 9.17) is 28.1 Å². The van der Waals surface area contributed by atoms with E-state index >= 15 is 0 Å². The maximum Gasteiger partial charge on any atom is 0.497 e. The lowest BCUT2D eigenvalue weighted by atomic mass is 9.70. The summed E-state index contributed by atoms with van der Waals surface area (Å²) in [7, 11) is -1.17. The highest BCUT2D eigenvalue weighted by Gasteiger charge is 2.40. The van der Waals surface area contributed by atoms with Gasteiger partial charge in [-0.15, -0.1) is 0 Å². The minimum atomic E-state index is -0.587. The number of hydrogen-bond acceptors (Lipinski definition) is 6. The van der Waals surface area contributed by atoms with Crippen LogP contribution in [-0.4, -0.2) is 40.7 Å². The van der Waals surface area contributed by atoms with Gasteiger partial charge in [-0.25, -0.2) is 0 Å². The molecule has 5 rings (SSSR count). The average molecular weight is 486 g/mol. The highest BCUT2D eigenvalue weighted by molar-refractivity contribution is 6.65. The van der Waals surface area contributed by atoms with Crippen molar-refractivity contribution in [3.05, 3.63) is 72.8 Å². The Morgan fingerprint density at radius 1 is 0.556 bits per heavy atom. The van der Waals surface area contributed by atoms with Crippen LogP contribution in [0, 0.1) is 10.8 Å². The SMILES string of the molecule is CC1(C)COB(c2cc(Oc3ccccc3)c(B3OCC(C)(C)CO3)cc2Oc2ccccc2)OC1. The van der Waals surface area contributed by atoms with Crippen LogP contribution < -0.4 is 20.4 Å². The van der Waals surface area contributed by atoms with E-state index < -0.39 is 14.2 Å². The molecule has 0 aliphatic carbocycles. The molecule has 0 spiro atoms. The highest BCUT2D eigenvalue weighted by Crippen LogP contribution is 2.30. The van der Waals surface area contributed by atoms with E-state index in [0.717, 1.165) is 10.9 Å². The van der Waals surface area contributed by atoms with E-state index in [1.54, 1.807) is 0 Å². The van der Waals surface area contributed by atoms with E-state index in [1.807, 2.05) is 72.8 Å². The van der Waals surface area contributed by atoms with Crippen molar-refractivity contribution in [2.45, 2.75) is 27.7 Å². The van der Waals surface area contributed by atoms with E-state index in [2.05, 4.69) is 27.7 Å². The Kier molecular flexibility index (Phi) is 7.13. The molecule has 6 nitrogen and oxygen atoms in total. The molecular formula is C28H32B2O6. The van der Waals surface area contributed by atoms with E-state index in [9.17, 15) is 0 Å². The number of benzene rings is 3. The van der Waals surface area contributed by atoms with Gasteiger partial charge < -0.3 is 28.1 Å². The van der Waals surface area contributed by atoms with E-state index in [0.29, 0.717) is 49.4 Å². The second-order valence-corrected chi connectivity index (χ2v) is 11.0. The molecule has 0 bridgehead atoms. The number of rotatable bonds is 6. The van der Waals surface area contributed by atoms with Crippen LogP contribution in [0.4, 0.5) is 0 Å². The molecule has 2 heterocycles. The third-order valence-electron chi connectivity index (χ3n) is 6.09. The Morgan fingerprint density at radius 2 is 0.889 bits per heavy atom. The monoisotopic (exact) mass is 486 g/mol. The minimum Gasteiger partial charge on any atom is -0.458 e. The zero-order chi connectivity index (χ0) is 25.2. The molecule has 0 atom stereocenters. The largest absolute Gasteiger partial charge is 0.497 e. The Balaban J connectivity index is 1.57. The fourth-order valence-corrected chi connectivity index (χ4v) is 4.11.